The standard InChI is InChI=1S/C32H56O5Si3/c1-30(2,3)39(11,12)35-27-25-20-21-32(34-23-24-18-16-15-17-19-24,28(27)36-40(13,14)31(4,5)6)22-26(25)29(33-7)37-38(8,9)10/h15-21,25,27-28H,22-23H2,1-14H3/b29-26+/t25-,27+,28-,32-/m1/s1. The number of fused-ring (bicyclic) bond motifs is 2. The molecule has 1 saturated carbocycles. The van der Waals surface area contributed by atoms with Crippen LogP contribution in [0.15, 0.2) is 54.0 Å². The zero-order chi connectivity index (χ0) is 30.4. The summed E-state index contributed by atoms with van der Waals surface area (Å²) in [6.07, 6.45) is 4.75. The van der Waals surface area contributed by atoms with Gasteiger partial charge in [0.05, 0.1) is 19.8 Å². The van der Waals surface area contributed by atoms with Crippen LogP contribution in [0.5, 0.6) is 0 Å². The molecule has 2 bridgehead atoms. The molecule has 0 heterocycles. The van der Waals surface area contributed by atoms with Crippen LogP contribution in [0.3, 0.4) is 0 Å². The van der Waals surface area contributed by atoms with Gasteiger partial charge in [0.25, 0.3) is 5.95 Å². The first-order chi connectivity index (χ1) is 18.1. The van der Waals surface area contributed by atoms with Crippen molar-refractivity contribution in [3.63, 3.8) is 0 Å². The average Bonchev–Trinajstić information content (AvgIpc) is 2.81. The second-order valence-electron chi connectivity index (χ2n) is 15.7. The largest absolute Gasteiger partial charge is 0.520 e. The number of hydrogen-bond acceptors (Lipinski definition) is 5. The molecule has 8 heteroatoms. The molecule has 40 heavy (non-hydrogen) atoms. The summed E-state index contributed by atoms with van der Waals surface area (Å²) in [4.78, 5) is 0. The Morgan fingerprint density at radius 3 is 1.90 bits per heavy atom. The van der Waals surface area contributed by atoms with Crippen LogP contribution in [0.2, 0.25) is 55.9 Å². The lowest BCUT2D eigenvalue weighted by Gasteiger charge is -2.57. The molecular formula is C32H56O5Si3. The van der Waals surface area contributed by atoms with E-state index in [0.29, 0.717) is 19.0 Å². The first-order valence-electron chi connectivity index (χ1n) is 14.8. The lowest BCUT2D eigenvalue weighted by atomic mass is 9.66. The van der Waals surface area contributed by atoms with E-state index < -0.39 is 30.6 Å². The van der Waals surface area contributed by atoms with Crippen LogP contribution < -0.4 is 0 Å². The molecule has 226 valence electrons. The van der Waals surface area contributed by atoms with Crippen LogP contribution >= 0.6 is 0 Å². The fourth-order valence-electron chi connectivity index (χ4n) is 4.84. The summed E-state index contributed by atoms with van der Waals surface area (Å²) in [6, 6.07) is 10.4. The normalized spacial score (nSPS) is 27.1. The van der Waals surface area contributed by atoms with Crippen molar-refractivity contribution in [3.8, 4) is 0 Å². The van der Waals surface area contributed by atoms with Gasteiger partial charge >= 0.3 is 0 Å². The quantitative estimate of drug-likeness (QED) is 0.151. The van der Waals surface area contributed by atoms with Gasteiger partial charge in [0.2, 0.25) is 8.32 Å². The molecule has 0 aromatic heterocycles. The molecule has 4 atom stereocenters. The second-order valence-corrected chi connectivity index (χ2v) is 29.6. The van der Waals surface area contributed by atoms with E-state index in [-0.39, 0.29) is 28.2 Å². The lowest BCUT2D eigenvalue weighted by Crippen LogP contribution is -2.66. The van der Waals surface area contributed by atoms with Crippen molar-refractivity contribution in [3.05, 3.63) is 59.6 Å². The minimum atomic E-state index is -2.19. The Morgan fingerprint density at radius 1 is 0.850 bits per heavy atom. The predicted octanol–water partition coefficient (Wildman–Crippen LogP) is 9.02. The van der Waals surface area contributed by atoms with Gasteiger partial charge in [-0.15, -0.1) is 0 Å². The summed E-state index contributed by atoms with van der Waals surface area (Å²) in [7, 11) is -4.59. The summed E-state index contributed by atoms with van der Waals surface area (Å²) in [5.41, 5.74) is 1.57. The molecule has 0 aliphatic heterocycles. The van der Waals surface area contributed by atoms with Crippen molar-refractivity contribution in [1.82, 2.24) is 0 Å². The number of hydrogen-bond donors (Lipinski definition) is 0. The maximum atomic E-state index is 7.37. The van der Waals surface area contributed by atoms with Crippen molar-refractivity contribution in [2.75, 3.05) is 7.11 Å². The minimum Gasteiger partial charge on any atom is -0.520 e. The van der Waals surface area contributed by atoms with Gasteiger partial charge in [0.15, 0.2) is 16.6 Å². The summed E-state index contributed by atoms with van der Waals surface area (Å²) >= 11 is 0. The van der Waals surface area contributed by atoms with Crippen molar-refractivity contribution in [1.29, 1.82) is 0 Å². The number of benzene rings is 1. The lowest BCUT2D eigenvalue weighted by molar-refractivity contribution is -0.158. The van der Waals surface area contributed by atoms with Crippen LogP contribution in [0, 0.1) is 5.92 Å². The van der Waals surface area contributed by atoms with E-state index in [4.69, 9.17) is 22.8 Å². The minimum absolute atomic E-state index is 0.00241. The Bertz CT molecular complexity index is 1080. The van der Waals surface area contributed by atoms with E-state index in [1.165, 1.54) is 0 Å². The SMILES string of the molecule is CO/C(O[Si](C)(C)C)=C1/C[C@]2(OCc3ccccc3)C=C[C@H]1[C@H](O[Si](C)(C)C(C)(C)C)[C@H]2O[Si](C)(C)C(C)(C)C. The highest BCUT2D eigenvalue weighted by Crippen LogP contribution is 2.53. The first kappa shape index (κ1) is 33.3. The van der Waals surface area contributed by atoms with Crippen LogP contribution in [-0.4, -0.2) is 49.9 Å². The number of rotatable bonds is 10. The first-order valence-corrected chi connectivity index (χ1v) is 24.0. The zero-order valence-corrected chi connectivity index (χ0v) is 30.7. The highest BCUT2D eigenvalue weighted by molar-refractivity contribution is 6.74. The fraction of sp³-hybridized carbons (Fsp3) is 0.688. The van der Waals surface area contributed by atoms with E-state index in [1.54, 1.807) is 7.11 Å². The van der Waals surface area contributed by atoms with Crippen molar-refractivity contribution in [2.24, 2.45) is 5.92 Å². The second kappa shape index (κ2) is 11.5. The summed E-state index contributed by atoms with van der Waals surface area (Å²) in [5, 5.41) is 0.0998. The Morgan fingerprint density at radius 2 is 1.40 bits per heavy atom. The maximum absolute atomic E-state index is 7.37. The van der Waals surface area contributed by atoms with Crippen molar-refractivity contribution < 1.29 is 22.8 Å². The third kappa shape index (κ3) is 7.24. The smallest absolute Gasteiger partial charge is 0.264 e. The van der Waals surface area contributed by atoms with Crippen molar-refractivity contribution in [2.45, 2.75) is 128 Å². The number of methoxy groups -OCH3 is 1. The Balaban J connectivity index is 2.21. The Hall–Kier alpha value is -1.17. The van der Waals surface area contributed by atoms with E-state index >= 15 is 0 Å². The highest BCUT2D eigenvalue weighted by Gasteiger charge is 2.60. The van der Waals surface area contributed by atoms with Crippen LogP contribution in [0.4, 0.5) is 0 Å². The maximum Gasteiger partial charge on any atom is 0.264 e. The van der Waals surface area contributed by atoms with Crippen LogP contribution in [0.1, 0.15) is 53.5 Å². The highest BCUT2D eigenvalue weighted by atomic mass is 28.4. The third-order valence-electron chi connectivity index (χ3n) is 9.25. The van der Waals surface area contributed by atoms with E-state index in [9.17, 15) is 0 Å². The van der Waals surface area contributed by atoms with E-state index in [2.05, 4.69) is 124 Å². The summed E-state index contributed by atoms with van der Waals surface area (Å²) in [6.45, 7) is 30.2. The van der Waals surface area contributed by atoms with Gasteiger partial charge in [-0.05, 0) is 61.5 Å². The molecular weight excluding hydrogens is 549 g/mol. The molecule has 5 nitrogen and oxygen atoms in total. The van der Waals surface area contributed by atoms with Gasteiger partial charge in [0, 0.05) is 17.9 Å². The van der Waals surface area contributed by atoms with E-state index in [1.807, 2.05) is 6.07 Å². The monoisotopic (exact) mass is 604 g/mol. The molecule has 0 saturated heterocycles. The molecule has 0 radical (unpaired) electrons. The van der Waals surface area contributed by atoms with Gasteiger partial charge in [-0.1, -0.05) is 84.0 Å². The zero-order valence-electron chi connectivity index (χ0n) is 27.7. The summed E-state index contributed by atoms with van der Waals surface area (Å²) in [5.74, 6) is 0.633. The molecule has 1 aromatic carbocycles. The Labute approximate surface area is 248 Å². The molecule has 0 amide bonds. The van der Waals surface area contributed by atoms with Crippen LogP contribution in [-0.2, 0) is 29.4 Å². The van der Waals surface area contributed by atoms with Gasteiger partial charge in [-0.25, -0.2) is 0 Å². The van der Waals surface area contributed by atoms with Gasteiger partial charge in [0.1, 0.15) is 11.7 Å². The van der Waals surface area contributed by atoms with E-state index in [0.717, 1.165) is 11.1 Å². The number of ether oxygens (including phenoxy) is 2. The fourth-order valence-corrected chi connectivity index (χ4v) is 8.23. The topological polar surface area (TPSA) is 46.2 Å². The molecule has 0 spiro atoms. The third-order valence-corrected chi connectivity index (χ3v) is 19.0. The van der Waals surface area contributed by atoms with Crippen molar-refractivity contribution >= 4 is 25.0 Å². The molecule has 0 unspecified atom stereocenters. The van der Waals surface area contributed by atoms with Gasteiger partial charge < -0.3 is 22.8 Å². The molecule has 4 rings (SSSR count). The summed E-state index contributed by atoms with van der Waals surface area (Å²) < 4.78 is 34.3. The molecule has 1 aromatic rings. The molecule has 3 aliphatic carbocycles. The average molecular weight is 605 g/mol. The molecule has 1 fully saturated rings. The molecule has 3 aliphatic rings. The van der Waals surface area contributed by atoms with Gasteiger partial charge in [-0.2, -0.15) is 0 Å². The Kier molecular flexibility index (Phi) is 9.58. The van der Waals surface area contributed by atoms with Gasteiger partial charge in [-0.3, -0.25) is 0 Å². The molecule has 0 N–H and O–H groups in total. The van der Waals surface area contributed by atoms with Crippen LogP contribution in [0.25, 0.3) is 0 Å². The predicted molar refractivity (Wildman–Crippen MR) is 174 cm³/mol.